The van der Waals surface area contributed by atoms with E-state index in [2.05, 4.69) is 15.1 Å². The van der Waals surface area contributed by atoms with E-state index in [1.807, 2.05) is 13.8 Å². The van der Waals surface area contributed by atoms with E-state index in [1.54, 1.807) is 10.7 Å². The molecule has 0 spiro atoms. The SMILES string of the molecule is Cc1nc(C)n(Cc2ccc(C(=O)O)cn2)n1. The largest absolute Gasteiger partial charge is 0.478 e. The highest BCUT2D eigenvalue weighted by Crippen LogP contribution is 2.04. The number of rotatable bonds is 3. The van der Waals surface area contributed by atoms with Gasteiger partial charge in [0.1, 0.15) is 11.6 Å². The number of nitrogens with zero attached hydrogens (tertiary/aromatic N) is 4. The standard InChI is InChI=1S/C11H12N4O2/c1-7-13-8(2)15(14-7)6-10-4-3-9(5-12-10)11(16)17/h3-5H,6H2,1-2H3,(H,16,17). The molecule has 0 aliphatic carbocycles. The van der Waals surface area contributed by atoms with Crippen molar-refractivity contribution in [1.29, 1.82) is 0 Å². The molecule has 0 aliphatic heterocycles. The molecule has 0 aliphatic rings. The molecule has 0 saturated heterocycles. The van der Waals surface area contributed by atoms with E-state index in [-0.39, 0.29) is 5.56 Å². The fourth-order valence-corrected chi connectivity index (χ4v) is 1.51. The van der Waals surface area contributed by atoms with Crippen LogP contribution >= 0.6 is 0 Å². The minimum Gasteiger partial charge on any atom is -0.478 e. The summed E-state index contributed by atoms with van der Waals surface area (Å²) >= 11 is 0. The van der Waals surface area contributed by atoms with Crippen molar-refractivity contribution in [1.82, 2.24) is 19.7 Å². The van der Waals surface area contributed by atoms with Crippen molar-refractivity contribution in [2.75, 3.05) is 0 Å². The van der Waals surface area contributed by atoms with Gasteiger partial charge in [-0.05, 0) is 26.0 Å². The van der Waals surface area contributed by atoms with Crippen LogP contribution in [0.25, 0.3) is 0 Å². The Morgan fingerprint density at radius 2 is 2.18 bits per heavy atom. The Hall–Kier alpha value is -2.24. The number of hydrogen-bond acceptors (Lipinski definition) is 4. The van der Waals surface area contributed by atoms with Crippen LogP contribution in [0.15, 0.2) is 18.3 Å². The van der Waals surface area contributed by atoms with E-state index >= 15 is 0 Å². The summed E-state index contributed by atoms with van der Waals surface area (Å²) in [5, 5.41) is 13.0. The average Bonchev–Trinajstić information content (AvgIpc) is 2.58. The van der Waals surface area contributed by atoms with E-state index in [1.165, 1.54) is 12.3 Å². The fourth-order valence-electron chi connectivity index (χ4n) is 1.51. The molecule has 0 radical (unpaired) electrons. The molecule has 0 saturated carbocycles. The van der Waals surface area contributed by atoms with Gasteiger partial charge in [0.2, 0.25) is 0 Å². The minimum atomic E-state index is -0.975. The lowest BCUT2D eigenvalue weighted by Gasteiger charge is -2.02. The van der Waals surface area contributed by atoms with Crippen LogP contribution in [0.2, 0.25) is 0 Å². The van der Waals surface area contributed by atoms with Gasteiger partial charge in [0, 0.05) is 6.20 Å². The molecule has 2 rings (SSSR count). The van der Waals surface area contributed by atoms with Crippen LogP contribution in [0.5, 0.6) is 0 Å². The molecule has 0 atom stereocenters. The Bertz CT molecular complexity index is 545. The molecule has 2 aromatic rings. The van der Waals surface area contributed by atoms with E-state index in [9.17, 15) is 4.79 Å². The Kier molecular flexibility index (Phi) is 2.86. The van der Waals surface area contributed by atoms with Crippen LogP contribution in [0, 0.1) is 13.8 Å². The van der Waals surface area contributed by atoms with Gasteiger partial charge in [-0.25, -0.2) is 14.5 Å². The maximum absolute atomic E-state index is 10.7. The third-order valence-electron chi connectivity index (χ3n) is 2.35. The summed E-state index contributed by atoms with van der Waals surface area (Å²) in [6.07, 6.45) is 1.34. The van der Waals surface area contributed by atoms with Gasteiger partial charge in [0.25, 0.3) is 0 Å². The topological polar surface area (TPSA) is 80.9 Å². The summed E-state index contributed by atoms with van der Waals surface area (Å²) in [4.78, 5) is 18.9. The lowest BCUT2D eigenvalue weighted by molar-refractivity contribution is 0.0696. The highest BCUT2D eigenvalue weighted by Gasteiger charge is 2.06. The lowest BCUT2D eigenvalue weighted by Crippen LogP contribution is -2.06. The van der Waals surface area contributed by atoms with Crippen LogP contribution < -0.4 is 0 Å². The second-order valence-electron chi connectivity index (χ2n) is 3.71. The summed E-state index contributed by atoms with van der Waals surface area (Å²) in [6.45, 7) is 4.18. The van der Waals surface area contributed by atoms with Gasteiger partial charge in [-0.2, -0.15) is 5.10 Å². The zero-order valence-corrected chi connectivity index (χ0v) is 9.58. The number of aromatic nitrogens is 4. The molecule has 2 aromatic heterocycles. The Morgan fingerprint density at radius 3 is 2.65 bits per heavy atom. The molecule has 0 amide bonds. The van der Waals surface area contributed by atoms with Gasteiger partial charge in [0.05, 0.1) is 17.8 Å². The molecular weight excluding hydrogens is 220 g/mol. The van der Waals surface area contributed by atoms with Gasteiger partial charge in [-0.1, -0.05) is 0 Å². The third-order valence-corrected chi connectivity index (χ3v) is 2.35. The predicted molar refractivity (Wildman–Crippen MR) is 59.8 cm³/mol. The summed E-state index contributed by atoms with van der Waals surface area (Å²) in [7, 11) is 0. The van der Waals surface area contributed by atoms with Crippen LogP contribution in [-0.4, -0.2) is 30.8 Å². The van der Waals surface area contributed by atoms with Gasteiger partial charge in [-0.15, -0.1) is 0 Å². The molecule has 0 unspecified atom stereocenters. The number of hydrogen-bond donors (Lipinski definition) is 1. The molecule has 2 heterocycles. The predicted octanol–water partition coefficient (Wildman–Crippen LogP) is 1.04. The first-order valence-corrected chi connectivity index (χ1v) is 5.12. The highest BCUT2D eigenvalue weighted by atomic mass is 16.4. The van der Waals surface area contributed by atoms with Crippen molar-refractivity contribution >= 4 is 5.97 Å². The normalized spacial score (nSPS) is 10.5. The van der Waals surface area contributed by atoms with Crippen LogP contribution in [0.3, 0.4) is 0 Å². The number of pyridine rings is 1. The van der Waals surface area contributed by atoms with Crippen molar-refractivity contribution < 1.29 is 9.90 Å². The quantitative estimate of drug-likeness (QED) is 0.855. The molecule has 88 valence electrons. The molecule has 0 bridgehead atoms. The lowest BCUT2D eigenvalue weighted by atomic mass is 10.2. The number of carbonyl (C=O) groups is 1. The van der Waals surface area contributed by atoms with Crippen LogP contribution in [0.1, 0.15) is 27.7 Å². The fraction of sp³-hybridized carbons (Fsp3) is 0.273. The number of aryl methyl sites for hydroxylation is 2. The maximum atomic E-state index is 10.7. The Labute approximate surface area is 98.0 Å². The second kappa shape index (κ2) is 4.32. The van der Waals surface area contributed by atoms with Crippen molar-refractivity contribution in [3.63, 3.8) is 0 Å². The molecule has 0 fully saturated rings. The summed E-state index contributed by atoms with van der Waals surface area (Å²) < 4.78 is 1.73. The van der Waals surface area contributed by atoms with Crippen molar-refractivity contribution in [2.24, 2.45) is 0 Å². The van der Waals surface area contributed by atoms with Crippen molar-refractivity contribution in [3.05, 3.63) is 41.2 Å². The molecule has 6 nitrogen and oxygen atoms in total. The first-order chi connectivity index (χ1) is 8.06. The van der Waals surface area contributed by atoms with Gasteiger partial charge in [-0.3, -0.25) is 4.98 Å². The molecule has 17 heavy (non-hydrogen) atoms. The first kappa shape index (κ1) is 11.3. The van der Waals surface area contributed by atoms with E-state index < -0.39 is 5.97 Å². The van der Waals surface area contributed by atoms with Gasteiger partial charge in [0.15, 0.2) is 0 Å². The van der Waals surface area contributed by atoms with Crippen molar-refractivity contribution in [2.45, 2.75) is 20.4 Å². The summed E-state index contributed by atoms with van der Waals surface area (Å²) in [5.41, 5.74) is 0.934. The second-order valence-corrected chi connectivity index (χ2v) is 3.71. The highest BCUT2D eigenvalue weighted by molar-refractivity contribution is 5.87. The Balaban J connectivity index is 2.19. The first-order valence-electron chi connectivity index (χ1n) is 5.12. The average molecular weight is 232 g/mol. The molecular formula is C11H12N4O2. The zero-order chi connectivity index (χ0) is 12.4. The van der Waals surface area contributed by atoms with Crippen LogP contribution in [-0.2, 0) is 6.54 Å². The zero-order valence-electron chi connectivity index (χ0n) is 9.58. The minimum absolute atomic E-state index is 0.181. The van der Waals surface area contributed by atoms with Crippen LogP contribution in [0.4, 0.5) is 0 Å². The number of aromatic carboxylic acids is 1. The Morgan fingerprint density at radius 1 is 1.41 bits per heavy atom. The maximum Gasteiger partial charge on any atom is 0.337 e. The summed E-state index contributed by atoms with van der Waals surface area (Å²) in [5.74, 6) is 0.549. The molecule has 1 N–H and O–H groups in total. The monoisotopic (exact) mass is 232 g/mol. The smallest absolute Gasteiger partial charge is 0.337 e. The van der Waals surface area contributed by atoms with E-state index in [0.29, 0.717) is 12.4 Å². The third kappa shape index (κ3) is 2.47. The van der Waals surface area contributed by atoms with Crippen molar-refractivity contribution in [3.8, 4) is 0 Å². The van der Waals surface area contributed by atoms with Gasteiger partial charge >= 0.3 is 5.97 Å². The van der Waals surface area contributed by atoms with Gasteiger partial charge < -0.3 is 5.11 Å². The molecule has 0 aromatic carbocycles. The van der Waals surface area contributed by atoms with E-state index in [4.69, 9.17) is 5.11 Å². The van der Waals surface area contributed by atoms with E-state index in [0.717, 1.165) is 11.5 Å². The number of carboxylic acids is 1. The molecule has 6 heteroatoms. The summed E-state index contributed by atoms with van der Waals surface area (Å²) in [6, 6.07) is 3.21. The number of carboxylic acid groups (broad SMARTS) is 1.